The second kappa shape index (κ2) is 2.39. The average Bonchev–Trinajstić information content (AvgIpc) is 1.62. The maximum atomic E-state index is 2.34. The van der Waals surface area contributed by atoms with Crippen LogP contribution >= 0.6 is 23.5 Å². The van der Waals surface area contributed by atoms with Gasteiger partial charge >= 0.3 is 0 Å². The SMILES string of the molecule is CC1SC(C)(C(C)C)S1. The summed E-state index contributed by atoms with van der Waals surface area (Å²) in [5.41, 5.74) is 0. The Kier molecular flexibility index (Phi) is 2.07. The van der Waals surface area contributed by atoms with Crippen LogP contribution in [0.2, 0.25) is 0 Å². The first-order valence-electron chi connectivity index (χ1n) is 3.40. The number of hydrogen-bond donors (Lipinski definition) is 0. The highest BCUT2D eigenvalue weighted by molar-refractivity contribution is 8.34. The minimum atomic E-state index is 0.527. The highest BCUT2D eigenvalue weighted by Crippen LogP contribution is 2.59. The van der Waals surface area contributed by atoms with Crippen molar-refractivity contribution in [1.82, 2.24) is 0 Å². The van der Waals surface area contributed by atoms with E-state index in [4.69, 9.17) is 0 Å². The van der Waals surface area contributed by atoms with E-state index in [1.54, 1.807) is 0 Å². The highest BCUT2D eigenvalue weighted by atomic mass is 32.3. The summed E-state index contributed by atoms with van der Waals surface area (Å²) in [6.45, 7) is 9.21. The van der Waals surface area contributed by atoms with Gasteiger partial charge in [0.2, 0.25) is 0 Å². The van der Waals surface area contributed by atoms with Gasteiger partial charge in [0.15, 0.2) is 0 Å². The van der Waals surface area contributed by atoms with Gasteiger partial charge in [0.25, 0.3) is 0 Å². The van der Waals surface area contributed by atoms with E-state index in [9.17, 15) is 0 Å². The van der Waals surface area contributed by atoms with Crippen molar-refractivity contribution in [2.75, 3.05) is 0 Å². The van der Waals surface area contributed by atoms with Crippen LogP contribution in [0.25, 0.3) is 0 Å². The molecule has 1 rings (SSSR count). The zero-order valence-corrected chi connectivity index (χ0v) is 8.10. The molecule has 0 N–H and O–H groups in total. The molecule has 1 aliphatic rings. The molecule has 0 aromatic rings. The molecule has 0 atom stereocenters. The van der Waals surface area contributed by atoms with Crippen LogP contribution in [0.3, 0.4) is 0 Å². The van der Waals surface area contributed by atoms with E-state index in [-0.39, 0.29) is 0 Å². The number of thioether (sulfide) groups is 2. The minimum Gasteiger partial charge on any atom is -0.130 e. The number of rotatable bonds is 1. The van der Waals surface area contributed by atoms with E-state index >= 15 is 0 Å². The van der Waals surface area contributed by atoms with Crippen LogP contribution in [0, 0.1) is 5.92 Å². The Bertz CT molecular complexity index is 103. The Morgan fingerprint density at radius 1 is 1.33 bits per heavy atom. The van der Waals surface area contributed by atoms with Crippen LogP contribution in [0.5, 0.6) is 0 Å². The van der Waals surface area contributed by atoms with Crippen molar-refractivity contribution in [3.63, 3.8) is 0 Å². The Labute approximate surface area is 66.2 Å². The van der Waals surface area contributed by atoms with E-state index in [2.05, 4.69) is 51.2 Å². The maximum Gasteiger partial charge on any atom is 0.0627 e. The van der Waals surface area contributed by atoms with Gasteiger partial charge in [-0.05, 0) is 19.8 Å². The third kappa shape index (κ3) is 1.40. The van der Waals surface area contributed by atoms with Gasteiger partial charge < -0.3 is 0 Å². The standard InChI is InChI=1S/C7H14S2/c1-5(2)7(4)8-6(3)9-7/h5-6H,1-4H3. The monoisotopic (exact) mass is 162 g/mol. The molecule has 0 aromatic carbocycles. The molecule has 9 heavy (non-hydrogen) atoms. The molecule has 54 valence electrons. The summed E-state index contributed by atoms with van der Waals surface area (Å²) in [6.07, 6.45) is 0. The molecule has 0 spiro atoms. The van der Waals surface area contributed by atoms with Crippen LogP contribution in [-0.4, -0.2) is 8.66 Å². The molecule has 1 saturated heterocycles. The van der Waals surface area contributed by atoms with E-state index in [0.717, 1.165) is 10.5 Å². The summed E-state index contributed by atoms with van der Waals surface area (Å²) in [5.74, 6) is 0.809. The predicted octanol–water partition coefficient (Wildman–Crippen LogP) is 3.18. The van der Waals surface area contributed by atoms with Gasteiger partial charge in [-0.2, -0.15) is 0 Å². The molecule has 1 aliphatic heterocycles. The largest absolute Gasteiger partial charge is 0.130 e. The van der Waals surface area contributed by atoms with Crippen LogP contribution in [0.15, 0.2) is 0 Å². The quantitative estimate of drug-likeness (QED) is 0.581. The van der Waals surface area contributed by atoms with Crippen molar-refractivity contribution in [2.45, 2.75) is 36.4 Å². The lowest BCUT2D eigenvalue weighted by Gasteiger charge is -2.45. The molecule has 0 unspecified atom stereocenters. The van der Waals surface area contributed by atoms with E-state index in [1.165, 1.54) is 0 Å². The molecular formula is C7H14S2. The van der Waals surface area contributed by atoms with Gasteiger partial charge in [-0.1, -0.05) is 13.8 Å². The smallest absolute Gasteiger partial charge is 0.0627 e. The molecule has 2 heteroatoms. The van der Waals surface area contributed by atoms with Gasteiger partial charge in [-0.25, -0.2) is 0 Å². The molecule has 0 radical (unpaired) electrons. The van der Waals surface area contributed by atoms with Crippen molar-refractivity contribution >= 4 is 23.5 Å². The summed E-state index contributed by atoms with van der Waals surface area (Å²) in [4.78, 5) is 0. The molecule has 1 fully saturated rings. The molecule has 1 heterocycles. The van der Waals surface area contributed by atoms with Crippen LogP contribution in [0.4, 0.5) is 0 Å². The molecule has 0 saturated carbocycles. The van der Waals surface area contributed by atoms with Gasteiger partial charge in [0, 0.05) is 0 Å². The third-order valence-electron chi connectivity index (χ3n) is 1.85. The lowest BCUT2D eigenvalue weighted by Crippen LogP contribution is -2.34. The van der Waals surface area contributed by atoms with Gasteiger partial charge in [-0.3, -0.25) is 0 Å². The Morgan fingerprint density at radius 3 is 1.89 bits per heavy atom. The van der Waals surface area contributed by atoms with E-state index in [1.807, 2.05) is 0 Å². The highest BCUT2D eigenvalue weighted by Gasteiger charge is 2.41. The van der Waals surface area contributed by atoms with Crippen molar-refractivity contribution in [3.8, 4) is 0 Å². The first kappa shape index (κ1) is 7.80. The van der Waals surface area contributed by atoms with Crippen molar-refractivity contribution in [3.05, 3.63) is 0 Å². The van der Waals surface area contributed by atoms with Gasteiger partial charge in [-0.15, -0.1) is 23.5 Å². The molecule has 0 aromatic heterocycles. The van der Waals surface area contributed by atoms with Crippen LogP contribution in [0.1, 0.15) is 27.7 Å². The first-order chi connectivity index (χ1) is 4.04. The van der Waals surface area contributed by atoms with Gasteiger partial charge in [0.1, 0.15) is 0 Å². The lowest BCUT2D eigenvalue weighted by atomic mass is 10.1. The molecule has 0 amide bonds. The zero-order valence-electron chi connectivity index (χ0n) is 6.47. The topological polar surface area (TPSA) is 0 Å². The Balaban J connectivity index is 2.40. The summed E-state index contributed by atoms with van der Waals surface area (Å²) in [5, 5.41) is 0. The normalized spacial score (nSPS) is 43.0. The van der Waals surface area contributed by atoms with Crippen molar-refractivity contribution < 1.29 is 0 Å². The third-order valence-corrected chi connectivity index (χ3v) is 5.55. The van der Waals surface area contributed by atoms with Crippen LogP contribution < -0.4 is 0 Å². The van der Waals surface area contributed by atoms with E-state index < -0.39 is 0 Å². The lowest BCUT2D eigenvalue weighted by molar-refractivity contribution is 0.596. The molecular weight excluding hydrogens is 148 g/mol. The molecule has 0 aliphatic carbocycles. The van der Waals surface area contributed by atoms with Gasteiger partial charge in [0.05, 0.1) is 8.66 Å². The fourth-order valence-electron chi connectivity index (χ4n) is 0.940. The molecule has 0 nitrogen and oxygen atoms in total. The fourth-order valence-corrected chi connectivity index (χ4v) is 4.60. The second-order valence-corrected chi connectivity index (χ2v) is 7.11. The Morgan fingerprint density at radius 2 is 1.78 bits per heavy atom. The fraction of sp³-hybridized carbons (Fsp3) is 1.00. The zero-order chi connectivity index (χ0) is 7.07. The summed E-state index contributed by atoms with van der Waals surface area (Å²) in [6, 6.07) is 0. The number of hydrogen-bond acceptors (Lipinski definition) is 2. The minimum absolute atomic E-state index is 0.527. The summed E-state index contributed by atoms with van der Waals surface area (Å²) < 4.78 is 1.36. The summed E-state index contributed by atoms with van der Waals surface area (Å²) in [7, 11) is 0. The predicted molar refractivity (Wildman–Crippen MR) is 47.9 cm³/mol. The second-order valence-electron chi connectivity index (χ2n) is 2.97. The maximum absolute atomic E-state index is 2.34. The van der Waals surface area contributed by atoms with Crippen molar-refractivity contribution in [2.24, 2.45) is 5.92 Å². The molecule has 0 bridgehead atoms. The average molecular weight is 162 g/mol. The van der Waals surface area contributed by atoms with Crippen LogP contribution in [-0.2, 0) is 0 Å². The van der Waals surface area contributed by atoms with E-state index in [0.29, 0.717) is 4.08 Å². The van der Waals surface area contributed by atoms with Crippen molar-refractivity contribution in [1.29, 1.82) is 0 Å². The Hall–Kier alpha value is 0.700. The summed E-state index contributed by atoms with van der Waals surface area (Å²) >= 11 is 4.20. The first-order valence-corrected chi connectivity index (χ1v) is 5.16.